The number of rotatable bonds is 2. The number of hydrogen-bond donors (Lipinski definition) is 2. The zero-order valence-corrected chi connectivity index (χ0v) is 11.9. The minimum Gasteiger partial charge on any atom is -0.347 e. The Kier molecular flexibility index (Phi) is 5.75. The lowest BCUT2D eigenvalue weighted by Gasteiger charge is -2.23. The van der Waals surface area contributed by atoms with Crippen molar-refractivity contribution in [2.24, 2.45) is 0 Å². The summed E-state index contributed by atoms with van der Waals surface area (Å²) in [6.07, 6.45) is 2.21. The van der Waals surface area contributed by atoms with Crippen molar-refractivity contribution in [3.8, 4) is 0 Å². The maximum Gasteiger partial charge on any atom is 0.262 e. The van der Waals surface area contributed by atoms with Crippen LogP contribution in [0.4, 0.5) is 0 Å². The van der Waals surface area contributed by atoms with Gasteiger partial charge in [-0.25, -0.2) is 0 Å². The summed E-state index contributed by atoms with van der Waals surface area (Å²) in [5, 5.41) is 8.23. The number of carbonyl (C=O) groups excluding carboxylic acids is 1. The number of piperidine rings is 1. The smallest absolute Gasteiger partial charge is 0.262 e. The third kappa shape index (κ3) is 3.45. The molecule has 0 aliphatic carbocycles. The number of thiophene rings is 1. The molecule has 2 heterocycles. The number of carbonyl (C=O) groups is 1. The molecule has 2 N–H and O–H groups in total. The van der Waals surface area contributed by atoms with Crippen LogP contribution in [0, 0.1) is 0 Å². The summed E-state index contributed by atoms with van der Waals surface area (Å²) in [6.45, 7) is 1.95. The Hall–Kier alpha value is -0.100. The fourth-order valence-corrected chi connectivity index (χ4v) is 3.14. The van der Waals surface area contributed by atoms with E-state index in [1.807, 2.05) is 11.4 Å². The van der Waals surface area contributed by atoms with Gasteiger partial charge in [-0.1, -0.05) is 0 Å². The van der Waals surface area contributed by atoms with Gasteiger partial charge >= 0.3 is 0 Å². The highest BCUT2D eigenvalue weighted by Gasteiger charge is 2.18. The summed E-state index contributed by atoms with van der Waals surface area (Å²) < 4.78 is 0.883. The summed E-state index contributed by atoms with van der Waals surface area (Å²) in [6, 6.07) is 2.18. The third-order valence-corrected chi connectivity index (χ3v) is 4.29. The molecule has 0 spiro atoms. The molecule has 0 saturated carbocycles. The summed E-state index contributed by atoms with van der Waals surface area (Å²) >= 11 is 4.83. The Morgan fingerprint density at radius 1 is 1.62 bits per heavy atom. The van der Waals surface area contributed by atoms with Crippen molar-refractivity contribution in [1.82, 2.24) is 10.6 Å². The van der Waals surface area contributed by atoms with Crippen molar-refractivity contribution in [3.63, 3.8) is 0 Å². The van der Waals surface area contributed by atoms with Crippen LogP contribution in [0.3, 0.4) is 0 Å². The van der Waals surface area contributed by atoms with Crippen molar-refractivity contribution in [2.45, 2.75) is 18.9 Å². The largest absolute Gasteiger partial charge is 0.347 e. The lowest BCUT2D eigenvalue weighted by atomic mass is 10.1. The van der Waals surface area contributed by atoms with Gasteiger partial charge in [0.2, 0.25) is 0 Å². The van der Waals surface area contributed by atoms with E-state index < -0.39 is 0 Å². The van der Waals surface area contributed by atoms with Crippen LogP contribution in [0.2, 0.25) is 0 Å². The first-order chi connectivity index (χ1) is 7.27. The maximum atomic E-state index is 11.8. The fourth-order valence-electron chi connectivity index (χ4n) is 1.68. The topological polar surface area (TPSA) is 41.1 Å². The lowest BCUT2D eigenvalue weighted by Crippen LogP contribution is -2.45. The van der Waals surface area contributed by atoms with E-state index in [9.17, 15) is 4.79 Å². The molecule has 2 rings (SSSR count). The molecule has 1 saturated heterocycles. The first kappa shape index (κ1) is 14.0. The van der Waals surface area contributed by atoms with Crippen LogP contribution in [-0.4, -0.2) is 25.0 Å². The summed E-state index contributed by atoms with van der Waals surface area (Å²) in [5.41, 5.74) is 0. The highest BCUT2D eigenvalue weighted by molar-refractivity contribution is 9.10. The Morgan fingerprint density at radius 3 is 3.00 bits per heavy atom. The third-order valence-electron chi connectivity index (χ3n) is 2.46. The molecule has 0 unspecified atom stereocenters. The zero-order chi connectivity index (χ0) is 10.7. The molecule has 1 fully saturated rings. The van der Waals surface area contributed by atoms with E-state index in [0.29, 0.717) is 0 Å². The molecule has 0 aromatic carbocycles. The second-order valence-corrected chi connectivity index (χ2v) is 5.38. The summed E-state index contributed by atoms with van der Waals surface area (Å²) in [4.78, 5) is 12.6. The fraction of sp³-hybridized carbons (Fsp3) is 0.500. The van der Waals surface area contributed by atoms with Gasteiger partial charge in [0, 0.05) is 17.1 Å². The van der Waals surface area contributed by atoms with E-state index in [1.54, 1.807) is 0 Å². The standard InChI is InChI=1S/C10H13BrN2OS.ClH/c11-8-3-5-15-9(8)10(14)13-7-2-1-4-12-6-7;/h3,5,7,12H,1-2,4,6H2,(H,13,14);1H/t7-;/m1./s1. The lowest BCUT2D eigenvalue weighted by molar-refractivity contribution is 0.0934. The predicted octanol–water partition coefficient (Wildman–Crippen LogP) is 2.41. The zero-order valence-electron chi connectivity index (χ0n) is 8.66. The number of hydrogen-bond acceptors (Lipinski definition) is 3. The second-order valence-electron chi connectivity index (χ2n) is 3.61. The molecule has 3 nitrogen and oxygen atoms in total. The minimum atomic E-state index is 0. The van der Waals surface area contributed by atoms with Gasteiger partial charge in [0.25, 0.3) is 5.91 Å². The van der Waals surface area contributed by atoms with Gasteiger partial charge in [-0.2, -0.15) is 0 Å². The SMILES string of the molecule is Cl.O=C(N[C@@H]1CCCNC1)c1sccc1Br. The van der Waals surface area contributed by atoms with E-state index in [-0.39, 0.29) is 24.4 Å². The molecule has 6 heteroatoms. The minimum absolute atomic E-state index is 0. The van der Waals surface area contributed by atoms with E-state index in [1.165, 1.54) is 11.3 Å². The predicted molar refractivity (Wildman–Crippen MR) is 72.6 cm³/mol. The Labute approximate surface area is 114 Å². The van der Waals surface area contributed by atoms with Gasteiger partial charge in [0.15, 0.2) is 0 Å². The summed E-state index contributed by atoms with van der Waals surface area (Å²) in [5.74, 6) is 0.0329. The van der Waals surface area contributed by atoms with Crippen molar-refractivity contribution >= 4 is 45.6 Å². The van der Waals surface area contributed by atoms with Crippen molar-refractivity contribution in [1.29, 1.82) is 0 Å². The maximum absolute atomic E-state index is 11.8. The van der Waals surface area contributed by atoms with Gasteiger partial charge < -0.3 is 10.6 Å². The van der Waals surface area contributed by atoms with E-state index >= 15 is 0 Å². The Bertz CT molecular complexity index is 352. The van der Waals surface area contributed by atoms with Gasteiger partial charge in [-0.15, -0.1) is 23.7 Å². The van der Waals surface area contributed by atoms with E-state index in [2.05, 4.69) is 26.6 Å². The molecule has 1 aliphatic rings. The summed E-state index contributed by atoms with van der Waals surface area (Å²) in [7, 11) is 0. The molecule has 1 atom stereocenters. The molecule has 1 aromatic rings. The first-order valence-corrected chi connectivity index (χ1v) is 6.69. The molecule has 0 radical (unpaired) electrons. The van der Waals surface area contributed by atoms with Gasteiger partial charge in [0.05, 0.1) is 0 Å². The molecular weight excluding hydrogens is 312 g/mol. The van der Waals surface area contributed by atoms with Crippen molar-refractivity contribution in [2.75, 3.05) is 13.1 Å². The van der Waals surface area contributed by atoms with Crippen LogP contribution in [0.5, 0.6) is 0 Å². The number of amides is 1. The Balaban J connectivity index is 0.00000128. The quantitative estimate of drug-likeness (QED) is 0.877. The van der Waals surface area contributed by atoms with Crippen LogP contribution < -0.4 is 10.6 Å². The molecular formula is C10H14BrClN2OS. The molecule has 90 valence electrons. The van der Waals surface area contributed by atoms with E-state index in [0.717, 1.165) is 35.3 Å². The molecule has 16 heavy (non-hydrogen) atoms. The number of nitrogens with one attached hydrogen (secondary N) is 2. The average molecular weight is 326 g/mol. The van der Waals surface area contributed by atoms with Crippen LogP contribution in [0.25, 0.3) is 0 Å². The van der Waals surface area contributed by atoms with Crippen molar-refractivity contribution < 1.29 is 4.79 Å². The average Bonchev–Trinajstić information content (AvgIpc) is 2.66. The first-order valence-electron chi connectivity index (χ1n) is 5.02. The van der Waals surface area contributed by atoms with Gasteiger partial charge in [-0.05, 0) is 46.8 Å². The molecule has 1 amide bonds. The molecule has 0 bridgehead atoms. The van der Waals surface area contributed by atoms with Crippen LogP contribution in [0.1, 0.15) is 22.5 Å². The highest BCUT2D eigenvalue weighted by atomic mass is 79.9. The number of halogens is 2. The van der Waals surface area contributed by atoms with Crippen molar-refractivity contribution in [3.05, 3.63) is 20.8 Å². The van der Waals surface area contributed by atoms with Gasteiger partial charge in [-0.3, -0.25) is 4.79 Å². The normalized spacial score (nSPS) is 19.9. The van der Waals surface area contributed by atoms with E-state index in [4.69, 9.17) is 0 Å². The molecule has 1 aromatic heterocycles. The molecule has 1 aliphatic heterocycles. The Morgan fingerprint density at radius 2 is 2.44 bits per heavy atom. The highest BCUT2D eigenvalue weighted by Crippen LogP contribution is 2.22. The van der Waals surface area contributed by atoms with Gasteiger partial charge in [0.1, 0.15) is 4.88 Å². The van der Waals surface area contributed by atoms with Crippen LogP contribution in [0.15, 0.2) is 15.9 Å². The van der Waals surface area contributed by atoms with Crippen LogP contribution >= 0.6 is 39.7 Å². The second kappa shape index (κ2) is 6.59. The monoisotopic (exact) mass is 324 g/mol. The van der Waals surface area contributed by atoms with Crippen LogP contribution in [-0.2, 0) is 0 Å².